The van der Waals surface area contributed by atoms with E-state index in [4.69, 9.17) is 9.47 Å². The molecule has 230 valence electrons. The minimum atomic E-state index is -1.23. The number of esters is 1. The highest BCUT2D eigenvalue weighted by Crippen LogP contribution is 2.39. The molecular weight excluding hydrogens is 562 g/mol. The van der Waals surface area contributed by atoms with Crippen LogP contribution in [0.5, 0.6) is 0 Å². The van der Waals surface area contributed by atoms with E-state index >= 15 is 0 Å². The maximum atomic E-state index is 13.3. The molecule has 0 saturated heterocycles. The number of benzene rings is 2. The Morgan fingerprint density at radius 2 is 1.73 bits per heavy atom. The van der Waals surface area contributed by atoms with Crippen LogP contribution in [0.2, 0.25) is 0 Å². The van der Waals surface area contributed by atoms with Crippen molar-refractivity contribution >= 4 is 17.6 Å². The van der Waals surface area contributed by atoms with Crippen LogP contribution in [0.4, 0.5) is 5.69 Å². The van der Waals surface area contributed by atoms with Crippen LogP contribution in [-0.4, -0.2) is 40.2 Å². The van der Waals surface area contributed by atoms with E-state index in [0.717, 1.165) is 24.0 Å². The van der Waals surface area contributed by atoms with Gasteiger partial charge >= 0.3 is 11.9 Å². The lowest BCUT2D eigenvalue weighted by molar-refractivity contribution is -0.384. The molecule has 3 aromatic rings. The standard InChI is InChI=1S/C34H37N3O7/c1-4-29(26-14-12-24(13-15-26)19-25-9-8-16-35-21-25)43-17-5-6-18-44-34(40)31-23(3)36-22(2)30(33(38)39)32(31)27-10-7-11-28(20-27)37(41)42/h7-16,20-21,29,32,36H,4-6,17-19H2,1-3H3,(H,38,39). The van der Waals surface area contributed by atoms with Gasteiger partial charge in [0.25, 0.3) is 5.69 Å². The Bertz CT molecular complexity index is 1550. The molecule has 2 heterocycles. The van der Waals surface area contributed by atoms with Gasteiger partial charge in [-0.05, 0) is 67.9 Å². The number of nitrogens with one attached hydrogen (secondary N) is 1. The number of hydrogen-bond acceptors (Lipinski definition) is 8. The van der Waals surface area contributed by atoms with Gasteiger partial charge in [0.1, 0.15) is 0 Å². The zero-order valence-electron chi connectivity index (χ0n) is 25.1. The van der Waals surface area contributed by atoms with E-state index in [0.29, 0.717) is 36.4 Å². The van der Waals surface area contributed by atoms with E-state index in [9.17, 15) is 24.8 Å². The Balaban J connectivity index is 1.32. The van der Waals surface area contributed by atoms with Crippen LogP contribution in [0, 0.1) is 10.1 Å². The van der Waals surface area contributed by atoms with Crippen molar-refractivity contribution in [2.24, 2.45) is 0 Å². The van der Waals surface area contributed by atoms with Crippen LogP contribution < -0.4 is 5.32 Å². The summed E-state index contributed by atoms with van der Waals surface area (Å²) in [5.74, 6) is -2.92. The number of unbranched alkanes of at least 4 members (excludes halogenated alkanes) is 1. The van der Waals surface area contributed by atoms with Gasteiger partial charge < -0.3 is 19.9 Å². The van der Waals surface area contributed by atoms with Crippen LogP contribution in [0.25, 0.3) is 0 Å². The summed E-state index contributed by atoms with van der Waals surface area (Å²) in [5.41, 5.74) is 4.44. The zero-order chi connectivity index (χ0) is 31.6. The van der Waals surface area contributed by atoms with Gasteiger partial charge in [0.05, 0.1) is 34.7 Å². The number of non-ortho nitro benzene ring substituents is 1. The van der Waals surface area contributed by atoms with E-state index in [1.165, 1.54) is 23.8 Å². The molecule has 10 nitrogen and oxygen atoms in total. The number of aromatic nitrogens is 1. The molecule has 1 aromatic heterocycles. The van der Waals surface area contributed by atoms with Crippen molar-refractivity contribution < 1.29 is 29.1 Å². The summed E-state index contributed by atoms with van der Waals surface area (Å²) >= 11 is 0. The molecule has 2 atom stereocenters. The third-order valence-corrected chi connectivity index (χ3v) is 7.57. The molecule has 4 rings (SSSR count). The van der Waals surface area contributed by atoms with E-state index < -0.39 is 22.8 Å². The van der Waals surface area contributed by atoms with E-state index in [1.54, 1.807) is 26.1 Å². The Hall–Kier alpha value is -4.83. The molecule has 0 bridgehead atoms. The second-order valence-electron chi connectivity index (χ2n) is 10.7. The fraction of sp³-hybridized carbons (Fsp3) is 0.324. The Labute approximate surface area is 256 Å². The third kappa shape index (κ3) is 7.96. The zero-order valence-corrected chi connectivity index (χ0v) is 25.1. The van der Waals surface area contributed by atoms with Gasteiger partial charge in [-0.2, -0.15) is 0 Å². The minimum absolute atomic E-state index is 0.0498. The van der Waals surface area contributed by atoms with Gasteiger partial charge in [-0.3, -0.25) is 15.1 Å². The molecule has 1 aliphatic heterocycles. The van der Waals surface area contributed by atoms with E-state index in [1.807, 2.05) is 12.3 Å². The second-order valence-corrected chi connectivity index (χ2v) is 10.7. The number of nitro benzene ring substituents is 1. The molecule has 0 radical (unpaired) electrons. The SMILES string of the molecule is CCC(OCCCCOC(=O)C1=C(C)NC(C)=C(C(=O)O)C1c1cccc([N+](=O)[O-])c1)c1ccc(Cc2cccnc2)cc1. The fourth-order valence-corrected chi connectivity index (χ4v) is 5.41. The Morgan fingerprint density at radius 3 is 2.39 bits per heavy atom. The van der Waals surface area contributed by atoms with Crippen molar-refractivity contribution in [3.63, 3.8) is 0 Å². The number of allylic oxidation sites excluding steroid dienone is 2. The summed E-state index contributed by atoms with van der Waals surface area (Å²) in [4.78, 5) is 40.5. The van der Waals surface area contributed by atoms with E-state index in [-0.39, 0.29) is 29.5 Å². The highest BCUT2D eigenvalue weighted by molar-refractivity contribution is 5.99. The lowest BCUT2D eigenvalue weighted by Gasteiger charge is -2.29. The minimum Gasteiger partial charge on any atom is -0.478 e. The predicted octanol–water partition coefficient (Wildman–Crippen LogP) is 6.39. The molecule has 0 saturated carbocycles. The second kappa shape index (κ2) is 15.1. The maximum absolute atomic E-state index is 13.3. The number of dihydropyridines is 1. The number of aliphatic carboxylic acids is 1. The summed E-state index contributed by atoms with van der Waals surface area (Å²) in [6, 6.07) is 18.1. The third-order valence-electron chi connectivity index (χ3n) is 7.57. The molecule has 0 spiro atoms. The van der Waals surface area contributed by atoms with Crippen molar-refractivity contribution in [3.8, 4) is 0 Å². The van der Waals surface area contributed by atoms with Crippen molar-refractivity contribution in [2.45, 2.75) is 58.5 Å². The average Bonchev–Trinajstić information content (AvgIpc) is 3.01. The molecule has 0 aliphatic carbocycles. The first-order chi connectivity index (χ1) is 21.2. The predicted molar refractivity (Wildman–Crippen MR) is 165 cm³/mol. The van der Waals surface area contributed by atoms with Gasteiger partial charge in [-0.25, -0.2) is 9.59 Å². The normalized spacial score (nSPS) is 15.5. The number of carbonyl (C=O) groups excluding carboxylic acids is 1. The largest absolute Gasteiger partial charge is 0.478 e. The van der Waals surface area contributed by atoms with Crippen molar-refractivity contribution in [2.75, 3.05) is 13.2 Å². The number of ether oxygens (including phenoxy) is 2. The molecule has 44 heavy (non-hydrogen) atoms. The molecular formula is C34H37N3O7. The van der Waals surface area contributed by atoms with Crippen molar-refractivity contribution in [1.82, 2.24) is 10.3 Å². The Morgan fingerprint density at radius 1 is 1.00 bits per heavy atom. The number of carboxylic acid groups (broad SMARTS) is 1. The number of nitro groups is 1. The number of rotatable bonds is 14. The lowest BCUT2D eigenvalue weighted by Crippen LogP contribution is -2.32. The van der Waals surface area contributed by atoms with Crippen molar-refractivity contribution in [3.05, 3.63) is 128 Å². The number of carbonyl (C=O) groups is 2. The average molecular weight is 600 g/mol. The van der Waals surface area contributed by atoms with Crippen LogP contribution in [0.1, 0.15) is 74.3 Å². The van der Waals surface area contributed by atoms with Crippen molar-refractivity contribution in [1.29, 1.82) is 0 Å². The quantitative estimate of drug-likeness (QED) is 0.0933. The Kier molecular flexibility index (Phi) is 11.0. The summed E-state index contributed by atoms with van der Waals surface area (Å²) in [7, 11) is 0. The summed E-state index contributed by atoms with van der Waals surface area (Å²) in [6.45, 7) is 5.93. The number of carboxylic acids is 1. The molecule has 1 aliphatic rings. The van der Waals surface area contributed by atoms with Gasteiger partial charge in [-0.15, -0.1) is 0 Å². The van der Waals surface area contributed by atoms with Crippen LogP contribution in [0.15, 0.2) is 95.6 Å². The van der Waals surface area contributed by atoms with Gasteiger partial charge in [0.2, 0.25) is 0 Å². The van der Waals surface area contributed by atoms with Gasteiger partial charge in [0, 0.05) is 42.5 Å². The summed E-state index contributed by atoms with van der Waals surface area (Å²) < 4.78 is 11.7. The topological polar surface area (TPSA) is 141 Å². The molecule has 0 fully saturated rings. The fourth-order valence-electron chi connectivity index (χ4n) is 5.41. The summed E-state index contributed by atoms with van der Waals surface area (Å²) in [5, 5.41) is 24.3. The molecule has 0 amide bonds. The van der Waals surface area contributed by atoms with Crippen LogP contribution in [0.3, 0.4) is 0 Å². The molecule has 2 unspecified atom stereocenters. The van der Waals surface area contributed by atoms with E-state index in [2.05, 4.69) is 47.6 Å². The van der Waals surface area contributed by atoms with Crippen LogP contribution in [-0.2, 0) is 25.5 Å². The molecule has 2 aromatic carbocycles. The highest BCUT2D eigenvalue weighted by atomic mass is 16.6. The van der Waals surface area contributed by atoms with Crippen LogP contribution >= 0.6 is 0 Å². The van der Waals surface area contributed by atoms with Gasteiger partial charge in [0.15, 0.2) is 0 Å². The first kappa shape index (κ1) is 32.1. The number of hydrogen-bond donors (Lipinski definition) is 2. The first-order valence-electron chi connectivity index (χ1n) is 14.6. The number of nitrogens with zero attached hydrogens (tertiary/aromatic N) is 2. The first-order valence-corrected chi connectivity index (χ1v) is 14.6. The maximum Gasteiger partial charge on any atom is 0.336 e. The number of pyridine rings is 1. The smallest absolute Gasteiger partial charge is 0.336 e. The van der Waals surface area contributed by atoms with Gasteiger partial charge in [-0.1, -0.05) is 49.4 Å². The molecule has 10 heteroatoms. The highest BCUT2D eigenvalue weighted by Gasteiger charge is 2.37. The molecule has 2 N–H and O–H groups in total. The lowest BCUT2D eigenvalue weighted by atomic mass is 9.80. The summed E-state index contributed by atoms with van der Waals surface area (Å²) in [6.07, 6.45) is 6.42. The monoisotopic (exact) mass is 599 g/mol.